The van der Waals surface area contributed by atoms with E-state index in [1.807, 2.05) is 0 Å². The van der Waals surface area contributed by atoms with Gasteiger partial charge in [0.15, 0.2) is 0 Å². The lowest BCUT2D eigenvalue weighted by Crippen LogP contribution is -2.05. The Balaban J connectivity index is 2.56. The highest BCUT2D eigenvalue weighted by Gasteiger charge is 2.22. The molecule has 2 rings (SSSR count). The molecule has 2 nitrogen and oxygen atoms in total. The Bertz CT molecular complexity index is 333. The maximum Gasteiger partial charge on any atom is 0.122 e. The Morgan fingerprint density at radius 3 is 2.92 bits per heavy atom. The van der Waals surface area contributed by atoms with Crippen LogP contribution in [0.2, 0.25) is 0 Å². The van der Waals surface area contributed by atoms with Crippen molar-refractivity contribution in [3.8, 4) is 5.75 Å². The summed E-state index contributed by atoms with van der Waals surface area (Å²) in [4.78, 5) is 0. The van der Waals surface area contributed by atoms with Crippen molar-refractivity contribution in [2.24, 2.45) is 5.73 Å². The van der Waals surface area contributed by atoms with E-state index in [1.165, 1.54) is 16.7 Å². The molecule has 2 heteroatoms. The zero-order valence-electron chi connectivity index (χ0n) is 8.13. The second kappa shape index (κ2) is 3.04. The first-order chi connectivity index (χ1) is 6.22. The third-order valence-corrected chi connectivity index (χ3v) is 2.71. The van der Waals surface area contributed by atoms with E-state index in [1.54, 1.807) is 7.11 Å². The minimum absolute atomic E-state index is 0.212. The summed E-state index contributed by atoms with van der Waals surface area (Å²) in [6.07, 6.45) is 2.11. The van der Waals surface area contributed by atoms with Gasteiger partial charge in [-0.25, -0.2) is 0 Å². The molecule has 1 aromatic carbocycles. The predicted octanol–water partition coefficient (Wildman–Crippen LogP) is 1.95. The minimum Gasteiger partial charge on any atom is -0.496 e. The fraction of sp³-hybridized carbons (Fsp3) is 0.455. The quantitative estimate of drug-likeness (QED) is 0.711. The SMILES string of the molecule is COc1cc(C)cc2c1CCC2N. The summed E-state index contributed by atoms with van der Waals surface area (Å²) in [6, 6.07) is 4.47. The molecule has 0 saturated heterocycles. The predicted molar refractivity (Wildman–Crippen MR) is 53.0 cm³/mol. The monoisotopic (exact) mass is 177 g/mol. The normalized spacial score (nSPS) is 20.1. The van der Waals surface area contributed by atoms with Gasteiger partial charge in [0, 0.05) is 6.04 Å². The number of aryl methyl sites for hydroxylation is 1. The molecule has 2 N–H and O–H groups in total. The maximum atomic E-state index is 5.98. The number of benzene rings is 1. The molecule has 0 aromatic heterocycles. The van der Waals surface area contributed by atoms with Crippen LogP contribution < -0.4 is 10.5 Å². The van der Waals surface area contributed by atoms with E-state index in [9.17, 15) is 0 Å². The molecule has 0 saturated carbocycles. The summed E-state index contributed by atoms with van der Waals surface area (Å²) in [7, 11) is 1.72. The smallest absolute Gasteiger partial charge is 0.122 e. The Morgan fingerprint density at radius 1 is 1.46 bits per heavy atom. The number of hydrogen-bond acceptors (Lipinski definition) is 2. The molecule has 1 unspecified atom stereocenters. The average Bonchev–Trinajstić information content (AvgIpc) is 2.47. The van der Waals surface area contributed by atoms with Crippen LogP contribution in [0.1, 0.15) is 29.2 Å². The van der Waals surface area contributed by atoms with Gasteiger partial charge in [0.25, 0.3) is 0 Å². The molecular weight excluding hydrogens is 162 g/mol. The zero-order valence-corrected chi connectivity index (χ0v) is 8.13. The van der Waals surface area contributed by atoms with Crippen LogP contribution >= 0.6 is 0 Å². The van der Waals surface area contributed by atoms with Crippen molar-refractivity contribution in [1.82, 2.24) is 0 Å². The van der Waals surface area contributed by atoms with Gasteiger partial charge in [-0.15, -0.1) is 0 Å². The molecule has 0 spiro atoms. The minimum atomic E-state index is 0.212. The van der Waals surface area contributed by atoms with Gasteiger partial charge in [-0.05, 0) is 42.5 Å². The number of fused-ring (bicyclic) bond motifs is 1. The van der Waals surface area contributed by atoms with E-state index in [2.05, 4.69) is 19.1 Å². The second-order valence-electron chi connectivity index (χ2n) is 3.68. The van der Waals surface area contributed by atoms with Gasteiger partial charge in [-0.2, -0.15) is 0 Å². The Morgan fingerprint density at radius 2 is 2.23 bits per heavy atom. The zero-order chi connectivity index (χ0) is 9.42. The summed E-state index contributed by atoms with van der Waals surface area (Å²) in [5, 5.41) is 0. The van der Waals surface area contributed by atoms with Crippen LogP contribution in [0.5, 0.6) is 5.75 Å². The molecule has 0 heterocycles. The molecule has 0 radical (unpaired) electrons. The van der Waals surface area contributed by atoms with E-state index in [4.69, 9.17) is 10.5 Å². The first-order valence-corrected chi connectivity index (χ1v) is 4.65. The second-order valence-corrected chi connectivity index (χ2v) is 3.68. The fourth-order valence-corrected chi connectivity index (χ4v) is 2.05. The highest BCUT2D eigenvalue weighted by Crippen LogP contribution is 2.36. The molecular formula is C11H15NO. The van der Waals surface area contributed by atoms with Crippen LogP contribution in [0.4, 0.5) is 0 Å². The van der Waals surface area contributed by atoms with Gasteiger partial charge in [0.05, 0.1) is 7.11 Å². The summed E-state index contributed by atoms with van der Waals surface area (Å²) in [5.74, 6) is 1.00. The third kappa shape index (κ3) is 1.31. The first-order valence-electron chi connectivity index (χ1n) is 4.65. The highest BCUT2D eigenvalue weighted by molar-refractivity contribution is 5.47. The van der Waals surface area contributed by atoms with Gasteiger partial charge in [-0.1, -0.05) is 6.07 Å². The molecule has 1 atom stereocenters. The van der Waals surface area contributed by atoms with E-state index < -0.39 is 0 Å². The Kier molecular flexibility index (Phi) is 2.00. The number of nitrogens with two attached hydrogens (primary N) is 1. The van der Waals surface area contributed by atoms with Crippen molar-refractivity contribution >= 4 is 0 Å². The molecule has 1 aromatic rings. The van der Waals surface area contributed by atoms with Crippen molar-refractivity contribution in [2.45, 2.75) is 25.8 Å². The summed E-state index contributed by atoms with van der Waals surface area (Å²) in [5.41, 5.74) is 9.79. The van der Waals surface area contributed by atoms with Gasteiger partial charge >= 0.3 is 0 Å². The number of ether oxygens (including phenoxy) is 1. The van der Waals surface area contributed by atoms with E-state index >= 15 is 0 Å². The maximum absolute atomic E-state index is 5.98. The van der Waals surface area contributed by atoms with Gasteiger partial charge in [0.1, 0.15) is 5.75 Å². The molecule has 1 aliphatic carbocycles. The largest absolute Gasteiger partial charge is 0.496 e. The van der Waals surface area contributed by atoms with E-state index in [-0.39, 0.29) is 6.04 Å². The van der Waals surface area contributed by atoms with Crippen LogP contribution in [-0.4, -0.2) is 7.11 Å². The third-order valence-electron chi connectivity index (χ3n) is 2.71. The van der Waals surface area contributed by atoms with Crippen LogP contribution in [0.3, 0.4) is 0 Å². The van der Waals surface area contributed by atoms with Crippen LogP contribution in [0.15, 0.2) is 12.1 Å². The molecule has 70 valence electrons. The van der Waals surface area contributed by atoms with Gasteiger partial charge in [0.2, 0.25) is 0 Å². The van der Waals surface area contributed by atoms with Crippen LogP contribution in [0.25, 0.3) is 0 Å². The lowest BCUT2D eigenvalue weighted by atomic mass is 10.0. The van der Waals surface area contributed by atoms with Crippen molar-refractivity contribution in [3.05, 3.63) is 28.8 Å². The Labute approximate surface area is 78.7 Å². The summed E-state index contributed by atoms with van der Waals surface area (Å²) >= 11 is 0. The van der Waals surface area contributed by atoms with Crippen molar-refractivity contribution < 1.29 is 4.74 Å². The standard InChI is InChI=1S/C11H15NO/c1-7-5-9-8(3-4-10(9)12)11(6-7)13-2/h5-6,10H,3-4,12H2,1-2H3. The number of methoxy groups -OCH3 is 1. The molecule has 0 aliphatic heterocycles. The average molecular weight is 177 g/mol. The molecule has 1 aliphatic rings. The topological polar surface area (TPSA) is 35.2 Å². The highest BCUT2D eigenvalue weighted by atomic mass is 16.5. The molecule has 0 bridgehead atoms. The van der Waals surface area contributed by atoms with Gasteiger partial charge in [-0.3, -0.25) is 0 Å². The molecule has 0 amide bonds. The van der Waals surface area contributed by atoms with Crippen molar-refractivity contribution in [3.63, 3.8) is 0 Å². The van der Waals surface area contributed by atoms with Crippen molar-refractivity contribution in [2.75, 3.05) is 7.11 Å². The number of hydrogen-bond donors (Lipinski definition) is 1. The van der Waals surface area contributed by atoms with Crippen LogP contribution in [-0.2, 0) is 6.42 Å². The fourth-order valence-electron chi connectivity index (χ4n) is 2.05. The lowest BCUT2D eigenvalue weighted by Gasteiger charge is -2.10. The van der Waals surface area contributed by atoms with Crippen molar-refractivity contribution in [1.29, 1.82) is 0 Å². The Hall–Kier alpha value is -1.02. The first kappa shape index (κ1) is 8.57. The van der Waals surface area contributed by atoms with Crippen LogP contribution in [0, 0.1) is 6.92 Å². The summed E-state index contributed by atoms with van der Waals surface area (Å²) in [6.45, 7) is 2.08. The number of rotatable bonds is 1. The van der Waals surface area contributed by atoms with E-state index in [0.717, 1.165) is 18.6 Å². The molecule has 0 fully saturated rings. The molecule has 13 heavy (non-hydrogen) atoms. The van der Waals surface area contributed by atoms with Gasteiger partial charge < -0.3 is 10.5 Å². The summed E-state index contributed by atoms with van der Waals surface area (Å²) < 4.78 is 5.33. The van der Waals surface area contributed by atoms with E-state index in [0.29, 0.717) is 0 Å². The lowest BCUT2D eigenvalue weighted by molar-refractivity contribution is 0.410.